The van der Waals surface area contributed by atoms with Crippen molar-refractivity contribution in [3.05, 3.63) is 59.5 Å². The van der Waals surface area contributed by atoms with E-state index in [1.54, 1.807) is 31.4 Å². The van der Waals surface area contributed by atoms with E-state index in [0.29, 0.717) is 17.0 Å². The van der Waals surface area contributed by atoms with Gasteiger partial charge in [0.1, 0.15) is 11.5 Å². The van der Waals surface area contributed by atoms with Crippen molar-refractivity contribution in [1.29, 1.82) is 0 Å². The third-order valence-electron chi connectivity index (χ3n) is 5.51. The van der Waals surface area contributed by atoms with Gasteiger partial charge in [0.2, 0.25) is 5.78 Å². The Morgan fingerprint density at radius 1 is 1.18 bits per heavy atom. The number of nitrogens with one attached hydrogen (secondary N) is 1. The second kappa shape index (κ2) is 9.38. The number of hydrogen-bond donors (Lipinski definition) is 1. The van der Waals surface area contributed by atoms with Crippen molar-refractivity contribution < 1.29 is 23.8 Å². The quantitative estimate of drug-likeness (QED) is 0.539. The van der Waals surface area contributed by atoms with Crippen molar-refractivity contribution in [3.8, 4) is 11.5 Å². The molecule has 0 saturated carbocycles. The largest absolute Gasteiger partial charge is 0.497 e. The summed E-state index contributed by atoms with van der Waals surface area (Å²) in [4.78, 5) is 26.7. The molecule has 0 unspecified atom stereocenters. The number of hydrogen-bond acceptors (Lipinski definition) is 6. The van der Waals surface area contributed by atoms with Gasteiger partial charge in [0.25, 0.3) is 0 Å². The lowest BCUT2D eigenvalue weighted by molar-refractivity contribution is 0.101. The SMILES string of the molecule is COC(=O)Nc1ccc2c(c1)C(=O)/C(=C/c1cn(CCCN(C)C)c3ccc(OC)cc13)O2. The Morgan fingerprint density at radius 2 is 2.00 bits per heavy atom. The number of carbonyl (C=O) groups excluding carboxylic acids is 2. The molecule has 0 bridgehead atoms. The van der Waals surface area contributed by atoms with Crippen molar-refractivity contribution in [1.82, 2.24) is 9.47 Å². The maximum Gasteiger partial charge on any atom is 0.411 e. The number of fused-ring (bicyclic) bond motifs is 2. The third kappa shape index (κ3) is 4.70. The fourth-order valence-electron chi connectivity index (χ4n) is 3.86. The Labute approximate surface area is 192 Å². The van der Waals surface area contributed by atoms with Gasteiger partial charge in [-0.05, 0) is 69.5 Å². The number of amides is 1. The van der Waals surface area contributed by atoms with Crippen LogP contribution in [-0.4, -0.2) is 56.2 Å². The standard InChI is InChI=1S/C25H27N3O5/c1-27(2)10-5-11-28-15-16(19-14-18(31-3)7-8-21(19)28)12-23-24(29)20-13-17(26-25(30)32-4)6-9-22(20)33-23/h6-9,12-15H,5,10-11H2,1-4H3,(H,26,30)/b23-12-. The van der Waals surface area contributed by atoms with E-state index in [-0.39, 0.29) is 11.5 Å². The van der Waals surface area contributed by atoms with Gasteiger partial charge in [-0.2, -0.15) is 0 Å². The summed E-state index contributed by atoms with van der Waals surface area (Å²) >= 11 is 0. The van der Waals surface area contributed by atoms with Crippen LogP contribution in [0.4, 0.5) is 10.5 Å². The molecule has 1 amide bonds. The summed E-state index contributed by atoms with van der Waals surface area (Å²) in [5, 5.41) is 3.54. The van der Waals surface area contributed by atoms with Gasteiger partial charge < -0.3 is 23.7 Å². The van der Waals surface area contributed by atoms with Crippen molar-refractivity contribution >= 4 is 34.5 Å². The molecule has 0 spiro atoms. The van der Waals surface area contributed by atoms with Crippen LogP contribution in [0.1, 0.15) is 22.3 Å². The molecule has 8 heteroatoms. The fraction of sp³-hybridized carbons (Fsp3) is 0.280. The number of carbonyl (C=O) groups is 2. The van der Waals surface area contributed by atoms with E-state index in [9.17, 15) is 9.59 Å². The van der Waals surface area contributed by atoms with Gasteiger partial charge in [0.15, 0.2) is 5.76 Å². The summed E-state index contributed by atoms with van der Waals surface area (Å²) in [5.41, 5.74) is 2.79. The molecular formula is C25H27N3O5. The van der Waals surface area contributed by atoms with Crippen LogP contribution in [0.2, 0.25) is 0 Å². The van der Waals surface area contributed by atoms with Crippen LogP contribution in [0.5, 0.6) is 11.5 Å². The number of aryl methyl sites for hydroxylation is 1. The highest BCUT2D eigenvalue weighted by Gasteiger charge is 2.28. The van der Waals surface area contributed by atoms with E-state index in [1.807, 2.05) is 24.4 Å². The molecule has 3 aromatic rings. The average molecular weight is 450 g/mol. The summed E-state index contributed by atoms with van der Waals surface area (Å²) in [5.74, 6) is 1.19. The lowest BCUT2D eigenvalue weighted by Gasteiger charge is -2.10. The molecule has 1 aromatic heterocycles. The number of ether oxygens (including phenoxy) is 3. The van der Waals surface area contributed by atoms with Crippen molar-refractivity contribution in [3.63, 3.8) is 0 Å². The summed E-state index contributed by atoms with van der Waals surface area (Å²) in [6, 6.07) is 10.8. The average Bonchev–Trinajstić information content (AvgIpc) is 3.30. The minimum absolute atomic E-state index is 0.232. The lowest BCUT2D eigenvalue weighted by Crippen LogP contribution is -2.14. The van der Waals surface area contributed by atoms with E-state index >= 15 is 0 Å². The van der Waals surface area contributed by atoms with Crippen LogP contribution in [0.25, 0.3) is 17.0 Å². The Bertz CT molecular complexity index is 1240. The molecule has 4 rings (SSSR count). The van der Waals surface area contributed by atoms with Crippen LogP contribution in [0, 0.1) is 0 Å². The molecule has 1 N–H and O–H groups in total. The molecule has 0 saturated heterocycles. The van der Waals surface area contributed by atoms with Gasteiger partial charge in [-0.1, -0.05) is 0 Å². The molecule has 33 heavy (non-hydrogen) atoms. The number of ketones is 1. The minimum Gasteiger partial charge on any atom is -0.497 e. The third-order valence-corrected chi connectivity index (χ3v) is 5.51. The molecule has 2 aromatic carbocycles. The number of rotatable bonds is 7. The van der Waals surface area contributed by atoms with Crippen LogP contribution in [0.3, 0.4) is 0 Å². The van der Waals surface area contributed by atoms with E-state index in [0.717, 1.165) is 41.7 Å². The molecule has 0 aliphatic carbocycles. The maximum absolute atomic E-state index is 13.0. The van der Waals surface area contributed by atoms with Crippen LogP contribution in [-0.2, 0) is 11.3 Å². The van der Waals surface area contributed by atoms with Crippen molar-refractivity contribution in [2.45, 2.75) is 13.0 Å². The highest BCUT2D eigenvalue weighted by Crippen LogP contribution is 2.35. The fourth-order valence-corrected chi connectivity index (χ4v) is 3.86. The number of benzene rings is 2. The van der Waals surface area contributed by atoms with Gasteiger partial charge in [-0.3, -0.25) is 10.1 Å². The number of allylic oxidation sites excluding steroid dienone is 1. The second-order valence-corrected chi connectivity index (χ2v) is 8.09. The molecule has 8 nitrogen and oxygen atoms in total. The van der Waals surface area contributed by atoms with Gasteiger partial charge >= 0.3 is 6.09 Å². The Hall–Kier alpha value is -3.78. The maximum atomic E-state index is 13.0. The first-order chi connectivity index (χ1) is 15.9. The molecule has 0 fully saturated rings. The first kappa shape index (κ1) is 22.4. The highest BCUT2D eigenvalue weighted by atomic mass is 16.5. The zero-order valence-corrected chi connectivity index (χ0v) is 19.2. The lowest BCUT2D eigenvalue weighted by atomic mass is 10.1. The van der Waals surface area contributed by atoms with Crippen molar-refractivity contribution in [2.24, 2.45) is 0 Å². The molecule has 2 heterocycles. The van der Waals surface area contributed by atoms with E-state index in [4.69, 9.17) is 9.47 Å². The summed E-state index contributed by atoms with van der Waals surface area (Å²) in [7, 11) is 7.03. The Balaban J connectivity index is 1.67. The summed E-state index contributed by atoms with van der Waals surface area (Å²) < 4.78 is 18.1. The van der Waals surface area contributed by atoms with Gasteiger partial charge in [0.05, 0.1) is 19.8 Å². The zero-order valence-electron chi connectivity index (χ0n) is 19.2. The number of nitrogens with zero attached hydrogens (tertiary/aromatic N) is 2. The monoisotopic (exact) mass is 449 g/mol. The predicted molar refractivity (Wildman–Crippen MR) is 127 cm³/mol. The Morgan fingerprint density at radius 3 is 2.73 bits per heavy atom. The molecule has 0 radical (unpaired) electrons. The first-order valence-electron chi connectivity index (χ1n) is 10.6. The van der Waals surface area contributed by atoms with Crippen LogP contribution >= 0.6 is 0 Å². The van der Waals surface area contributed by atoms with Gasteiger partial charge in [-0.15, -0.1) is 0 Å². The molecular weight excluding hydrogens is 422 g/mol. The van der Waals surface area contributed by atoms with E-state index in [2.05, 4.69) is 33.6 Å². The first-order valence-corrected chi connectivity index (χ1v) is 10.6. The second-order valence-electron chi connectivity index (χ2n) is 8.09. The Kier molecular flexibility index (Phi) is 6.37. The number of methoxy groups -OCH3 is 2. The minimum atomic E-state index is -0.604. The van der Waals surface area contributed by atoms with Crippen LogP contribution in [0.15, 0.2) is 48.4 Å². The summed E-state index contributed by atoms with van der Waals surface area (Å²) in [6.07, 6.45) is 4.19. The number of aromatic nitrogens is 1. The zero-order chi connectivity index (χ0) is 23.5. The van der Waals surface area contributed by atoms with E-state index < -0.39 is 6.09 Å². The number of anilines is 1. The normalized spacial score (nSPS) is 14.0. The topological polar surface area (TPSA) is 82.0 Å². The molecule has 1 aliphatic rings. The predicted octanol–water partition coefficient (Wildman–Crippen LogP) is 4.40. The highest BCUT2D eigenvalue weighted by molar-refractivity contribution is 6.15. The van der Waals surface area contributed by atoms with Gasteiger partial charge in [-0.25, -0.2) is 4.79 Å². The van der Waals surface area contributed by atoms with E-state index in [1.165, 1.54) is 7.11 Å². The van der Waals surface area contributed by atoms with Gasteiger partial charge in [0, 0.05) is 34.9 Å². The summed E-state index contributed by atoms with van der Waals surface area (Å²) in [6.45, 7) is 1.83. The molecule has 1 aliphatic heterocycles. The molecule has 172 valence electrons. The molecule has 0 atom stereocenters. The van der Waals surface area contributed by atoms with Crippen molar-refractivity contribution in [2.75, 3.05) is 40.2 Å². The van der Waals surface area contributed by atoms with Crippen LogP contribution < -0.4 is 14.8 Å². The number of Topliss-reactive ketones (excluding diaryl/α,β-unsaturated/α-hetero) is 1. The smallest absolute Gasteiger partial charge is 0.411 e.